The summed E-state index contributed by atoms with van der Waals surface area (Å²) in [6.45, 7) is 2.39. The van der Waals surface area contributed by atoms with Gasteiger partial charge in [0.05, 0.1) is 6.61 Å². The first-order valence-electron chi connectivity index (χ1n) is 7.42. The number of hydrogen-bond acceptors (Lipinski definition) is 4. The Kier molecular flexibility index (Phi) is 7.48. The number of carbonyl (C=O) groups excluding carboxylic acids is 2. The van der Waals surface area contributed by atoms with Crippen molar-refractivity contribution in [2.75, 3.05) is 19.0 Å². The van der Waals surface area contributed by atoms with Crippen molar-refractivity contribution in [3.63, 3.8) is 0 Å². The van der Waals surface area contributed by atoms with Gasteiger partial charge >= 0.3 is 0 Å². The van der Waals surface area contributed by atoms with Gasteiger partial charge < -0.3 is 20.7 Å². The molecule has 0 saturated heterocycles. The number of ether oxygens (including phenoxy) is 1. The monoisotopic (exact) mass is 341 g/mol. The van der Waals surface area contributed by atoms with E-state index in [-0.39, 0.29) is 30.8 Å². The zero-order valence-corrected chi connectivity index (χ0v) is 14.3. The second-order valence-electron chi connectivity index (χ2n) is 5.63. The molecule has 128 valence electrons. The van der Waals surface area contributed by atoms with E-state index in [0.717, 1.165) is 18.4 Å². The molecule has 1 aliphatic carbocycles. The van der Waals surface area contributed by atoms with Gasteiger partial charge in [-0.2, -0.15) is 0 Å². The minimum Gasteiger partial charge on any atom is -0.383 e. The molecule has 1 aromatic rings. The molecule has 0 spiro atoms. The Balaban J connectivity index is 0.00000264. The van der Waals surface area contributed by atoms with E-state index < -0.39 is 6.04 Å². The maximum atomic E-state index is 11.8. The van der Waals surface area contributed by atoms with Crippen LogP contribution in [0.15, 0.2) is 24.3 Å². The van der Waals surface area contributed by atoms with Crippen LogP contribution in [0.1, 0.15) is 25.3 Å². The van der Waals surface area contributed by atoms with Gasteiger partial charge in [0.1, 0.15) is 6.04 Å². The highest BCUT2D eigenvalue weighted by atomic mass is 35.5. The van der Waals surface area contributed by atoms with Crippen LogP contribution in [0.4, 0.5) is 5.69 Å². The summed E-state index contributed by atoms with van der Waals surface area (Å²) in [7, 11) is 1.50. The van der Waals surface area contributed by atoms with E-state index in [1.807, 2.05) is 29.2 Å². The van der Waals surface area contributed by atoms with Crippen molar-refractivity contribution >= 4 is 29.9 Å². The Morgan fingerprint density at radius 1 is 1.35 bits per heavy atom. The SMILES string of the molecule is COCC(N)C(=O)Nc1ccc(CN(C(C)=O)C2CC2)cc1.Cl. The lowest BCUT2D eigenvalue weighted by atomic mass is 10.2. The van der Waals surface area contributed by atoms with E-state index in [9.17, 15) is 9.59 Å². The number of halogens is 1. The quantitative estimate of drug-likeness (QED) is 0.787. The summed E-state index contributed by atoms with van der Waals surface area (Å²) in [6.07, 6.45) is 2.18. The van der Waals surface area contributed by atoms with Crippen LogP contribution < -0.4 is 11.1 Å². The predicted molar refractivity (Wildman–Crippen MR) is 91.4 cm³/mol. The zero-order chi connectivity index (χ0) is 16.1. The van der Waals surface area contributed by atoms with Gasteiger partial charge in [-0.3, -0.25) is 9.59 Å². The standard InChI is InChI=1S/C16H23N3O3.ClH/c1-11(20)19(14-7-8-14)9-12-3-5-13(6-4-12)18-16(21)15(17)10-22-2;/h3-6,14-15H,7-10,17H2,1-2H3,(H,18,21);1H. The number of nitrogens with zero attached hydrogens (tertiary/aromatic N) is 1. The molecule has 1 aliphatic rings. The Morgan fingerprint density at radius 2 is 1.96 bits per heavy atom. The fraction of sp³-hybridized carbons (Fsp3) is 0.500. The maximum absolute atomic E-state index is 11.8. The van der Waals surface area contributed by atoms with Gasteiger partial charge in [-0.25, -0.2) is 0 Å². The molecule has 1 saturated carbocycles. The topological polar surface area (TPSA) is 84.7 Å². The number of hydrogen-bond donors (Lipinski definition) is 2. The third-order valence-corrected chi connectivity index (χ3v) is 3.65. The fourth-order valence-corrected chi connectivity index (χ4v) is 2.26. The highest BCUT2D eigenvalue weighted by Gasteiger charge is 2.30. The van der Waals surface area contributed by atoms with Crippen LogP contribution >= 0.6 is 12.4 Å². The van der Waals surface area contributed by atoms with Crippen molar-refractivity contribution in [3.8, 4) is 0 Å². The Morgan fingerprint density at radius 3 is 2.43 bits per heavy atom. The van der Waals surface area contributed by atoms with Crippen molar-refractivity contribution in [1.29, 1.82) is 0 Å². The predicted octanol–water partition coefficient (Wildman–Crippen LogP) is 1.53. The molecule has 0 bridgehead atoms. The number of rotatable bonds is 7. The van der Waals surface area contributed by atoms with Crippen LogP contribution in [0.3, 0.4) is 0 Å². The first-order chi connectivity index (χ1) is 10.5. The van der Waals surface area contributed by atoms with Crippen LogP contribution in [-0.4, -0.2) is 42.5 Å². The van der Waals surface area contributed by atoms with Gasteiger partial charge in [-0.15, -0.1) is 12.4 Å². The zero-order valence-electron chi connectivity index (χ0n) is 13.5. The molecule has 0 radical (unpaired) electrons. The number of amides is 2. The van der Waals surface area contributed by atoms with E-state index in [1.165, 1.54) is 7.11 Å². The molecule has 6 nitrogen and oxygen atoms in total. The van der Waals surface area contributed by atoms with Crippen molar-refractivity contribution in [2.24, 2.45) is 5.73 Å². The molecule has 0 heterocycles. The van der Waals surface area contributed by atoms with Gasteiger partial charge in [0, 0.05) is 32.3 Å². The van der Waals surface area contributed by atoms with Crippen LogP contribution in [0.25, 0.3) is 0 Å². The molecule has 1 aromatic carbocycles. The van der Waals surface area contributed by atoms with Crippen molar-refractivity contribution in [2.45, 2.75) is 38.4 Å². The maximum Gasteiger partial charge on any atom is 0.243 e. The molecule has 1 fully saturated rings. The van der Waals surface area contributed by atoms with Crippen LogP contribution in [0, 0.1) is 0 Å². The van der Waals surface area contributed by atoms with Gasteiger partial charge in [0.15, 0.2) is 0 Å². The summed E-state index contributed by atoms with van der Waals surface area (Å²) in [5.74, 6) is -0.177. The normalized spacial score (nSPS) is 14.6. The molecule has 1 atom stereocenters. The minimum absolute atomic E-state index is 0. The second kappa shape index (κ2) is 8.86. The fourth-order valence-electron chi connectivity index (χ4n) is 2.26. The average molecular weight is 342 g/mol. The van der Waals surface area contributed by atoms with E-state index >= 15 is 0 Å². The molecule has 2 amide bonds. The van der Waals surface area contributed by atoms with E-state index in [2.05, 4.69) is 5.32 Å². The average Bonchev–Trinajstić information content (AvgIpc) is 3.30. The second-order valence-corrected chi connectivity index (χ2v) is 5.63. The number of methoxy groups -OCH3 is 1. The first kappa shape index (κ1) is 19.4. The number of nitrogens with two attached hydrogens (primary N) is 1. The van der Waals surface area contributed by atoms with Crippen molar-refractivity contribution in [3.05, 3.63) is 29.8 Å². The van der Waals surface area contributed by atoms with Crippen LogP contribution in [0.2, 0.25) is 0 Å². The summed E-state index contributed by atoms with van der Waals surface area (Å²) in [5.41, 5.74) is 7.39. The molecule has 2 rings (SSSR count). The van der Waals surface area contributed by atoms with Gasteiger partial charge in [0.2, 0.25) is 11.8 Å². The molecule has 23 heavy (non-hydrogen) atoms. The van der Waals surface area contributed by atoms with Gasteiger partial charge in [-0.1, -0.05) is 12.1 Å². The lowest BCUT2D eigenvalue weighted by molar-refractivity contribution is -0.130. The highest BCUT2D eigenvalue weighted by Crippen LogP contribution is 2.28. The smallest absolute Gasteiger partial charge is 0.243 e. The lowest BCUT2D eigenvalue weighted by Crippen LogP contribution is -2.39. The molecule has 7 heteroatoms. The highest BCUT2D eigenvalue weighted by molar-refractivity contribution is 5.94. The minimum atomic E-state index is -0.687. The summed E-state index contributed by atoms with van der Waals surface area (Å²) in [5, 5.41) is 2.74. The summed E-state index contributed by atoms with van der Waals surface area (Å²) >= 11 is 0. The molecular formula is C16H24ClN3O3. The third kappa shape index (κ3) is 5.82. The van der Waals surface area contributed by atoms with E-state index in [1.54, 1.807) is 6.92 Å². The van der Waals surface area contributed by atoms with E-state index in [0.29, 0.717) is 18.3 Å². The largest absolute Gasteiger partial charge is 0.383 e. The van der Waals surface area contributed by atoms with Crippen LogP contribution in [-0.2, 0) is 20.9 Å². The molecule has 1 unspecified atom stereocenters. The Labute approximate surface area is 142 Å². The lowest BCUT2D eigenvalue weighted by Gasteiger charge is -2.20. The Bertz CT molecular complexity index is 532. The Hall–Kier alpha value is -1.63. The summed E-state index contributed by atoms with van der Waals surface area (Å²) in [4.78, 5) is 25.3. The summed E-state index contributed by atoms with van der Waals surface area (Å²) < 4.78 is 4.85. The number of benzene rings is 1. The molecule has 3 N–H and O–H groups in total. The number of carbonyl (C=O) groups is 2. The van der Waals surface area contributed by atoms with Gasteiger partial charge in [0.25, 0.3) is 0 Å². The summed E-state index contributed by atoms with van der Waals surface area (Å²) in [6, 6.07) is 7.17. The van der Waals surface area contributed by atoms with E-state index in [4.69, 9.17) is 10.5 Å². The van der Waals surface area contributed by atoms with Gasteiger partial charge in [-0.05, 0) is 30.5 Å². The van der Waals surface area contributed by atoms with Crippen LogP contribution in [0.5, 0.6) is 0 Å². The molecule has 0 aliphatic heterocycles. The number of anilines is 1. The first-order valence-corrected chi connectivity index (χ1v) is 7.42. The van der Waals surface area contributed by atoms with Crippen molar-refractivity contribution < 1.29 is 14.3 Å². The number of nitrogens with one attached hydrogen (secondary N) is 1. The molecular weight excluding hydrogens is 318 g/mol. The molecule has 0 aromatic heterocycles. The third-order valence-electron chi connectivity index (χ3n) is 3.65. The van der Waals surface area contributed by atoms with Crippen molar-refractivity contribution in [1.82, 2.24) is 4.90 Å².